The van der Waals surface area contributed by atoms with E-state index in [-0.39, 0.29) is 35.5 Å². The van der Waals surface area contributed by atoms with E-state index in [1.54, 1.807) is 30.5 Å². The highest BCUT2D eigenvalue weighted by atomic mass is 32.2. The van der Waals surface area contributed by atoms with E-state index < -0.39 is 34.4 Å². The molecular formula is C33H48N4O6S. The maximum Gasteiger partial charge on any atom is 0.320 e. The Hall–Kier alpha value is -2.79. The Bertz CT molecular complexity index is 1310. The lowest BCUT2D eigenvalue weighted by molar-refractivity contribution is -0.183. The second kappa shape index (κ2) is 14.1. The zero-order valence-corrected chi connectivity index (χ0v) is 28.1. The van der Waals surface area contributed by atoms with Crippen LogP contribution in [0.3, 0.4) is 0 Å². The number of hydrogen-bond acceptors (Lipinski definition) is 10. The number of cyclic esters (lactones) is 1. The van der Waals surface area contributed by atoms with Gasteiger partial charge in [0.2, 0.25) is 0 Å². The van der Waals surface area contributed by atoms with Gasteiger partial charge in [-0.2, -0.15) is 5.10 Å². The van der Waals surface area contributed by atoms with Gasteiger partial charge in [0.05, 0.1) is 18.1 Å². The molecule has 2 aliphatic heterocycles. The van der Waals surface area contributed by atoms with Gasteiger partial charge in [-0.1, -0.05) is 34.6 Å². The Labute approximate surface area is 265 Å². The fraction of sp³-hybridized carbons (Fsp3) is 0.697. The fourth-order valence-electron chi connectivity index (χ4n) is 7.31. The van der Waals surface area contributed by atoms with Crippen molar-refractivity contribution in [3.05, 3.63) is 30.9 Å². The Morgan fingerprint density at radius 3 is 2.50 bits per heavy atom. The summed E-state index contributed by atoms with van der Waals surface area (Å²) >= 11 is 1.45. The molecule has 0 spiro atoms. The molecule has 4 heterocycles. The van der Waals surface area contributed by atoms with Crippen molar-refractivity contribution in [3.8, 4) is 11.4 Å². The third-order valence-corrected chi connectivity index (χ3v) is 10.8. The van der Waals surface area contributed by atoms with Gasteiger partial charge >= 0.3 is 11.9 Å². The minimum absolute atomic E-state index is 0.0602. The lowest BCUT2D eigenvalue weighted by Gasteiger charge is -2.41. The highest BCUT2D eigenvalue weighted by molar-refractivity contribution is 8.00. The monoisotopic (exact) mass is 628 g/mol. The van der Waals surface area contributed by atoms with Gasteiger partial charge in [-0.15, -0.1) is 11.8 Å². The number of aromatic nitrogens is 4. The van der Waals surface area contributed by atoms with Crippen molar-refractivity contribution in [2.45, 2.75) is 103 Å². The van der Waals surface area contributed by atoms with Crippen molar-refractivity contribution in [1.29, 1.82) is 0 Å². The van der Waals surface area contributed by atoms with Crippen LogP contribution in [0.4, 0.5) is 0 Å². The van der Waals surface area contributed by atoms with Crippen LogP contribution in [0.15, 0.2) is 30.9 Å². The van der Waals surface area contributed by atoms with Crippen LogP contribution in [0.5, 0.6) is 0 Å². The molecule has 2 aromatic heterocycles. The van der Waals surface area contributed by atoms with Gasteiger partial charge in [0.1, 0.15) is 23.5 Å². The molecule has 9 atom stereocenters. The number of carbonyl (C=O) groups excluding carboxylic acids is 3. The van der Waals surface area contributed by atoms with Crippen molar-refractivity contribution in [2.75, 3.05) is 12.9 Å². The number of carbonyl (C=O) groups is 3. The minimum Gasteiger partial charge on any atom is -0.458 e. The number of methoxy groups -OCH3 is 1. The number of esters is 2. The molecule has 4 rings (SSSR count). The maximum atomic E-state index is 14.1. The molecule has 0 bridgehead atoms. The van der Waals surface area contributed by atoms with Crippen molar-refractivity contribution in [2.24, 2.45) is 29.6 Å². The van der Waals surface area contributed by atoms with E-state index in [2.05, 4.69) is 22.0 Å². The summed E-state index contributed by atoms with van der Waals surface area (Å²) in [7, 11) is 1.68. The van der Waals surface area contributed by atoms with Crippen LogP contribution in [0.2, 0.25) is 0 Å². The predicted octanol–water partition coefficient (Wildman–Crippen LogP) is 5.40. The summed E-state index contributed by atoms with van der Waals surface area (Å²) in [5.74, 6) is -0.967. The highest BCUT2D eigenvalue weighted by Crippen LogP contribution is 2.48. The first-order chi connectivity index (χ1) is 20.8. The van der Waals surface area contributed by atoms with Crippen molar-refractivity contribution in [3.63, 3.8) is 0 Å². The van der Waals surface area contributed by atoms with Crippen LogP contribution in [0.25, 0.3) is 11.4 Å². The molecule has 11 heteroatoms. The number of ketones is 1. The number of rotatable bonds is 7. The van der Waals surface area contributed by atoms with Gasteiger partial charge in [-0.3, -0.25) is 24.0 Å². The van der Waals surface area contributed by atoms with E-state index in [0.29, 0.717) is 37.4 Å². The Morgan fingerprint density at radius 1 is 1.09 bits per heavy atom. The van der Waals surface area contributed by atoms with E-state index in [1.165, 1.54) is 11.8 Å². The van der Waals surface area contributed by atoms with Gasteiger partial charge in [0, 0.05) is 48.6 Å². The fourth-order valence-corrected chi connectivity index (χ4v) is 8.75. The Morgan fingerprint density at radius 2 is 1.84 bits per heavy atom. The molecule has 2 aliphatic rings. The van der Waals surface area contributed by atoms with E-state index in [9.17, 15) is 14.4 Å². The average molecular weight is 629 g/mol. The summed E-state index contributed by atoms with van der Waals surface area (Å²) in [5, 5.41) is 3.95. The summed E-state index contributed by atoms with van der Waals surface area (Å²) in [6, 6.07) is 3.74. The van der Waals surface area contributed by atoms with Crippen LogP contribution in [-0.2, 0) is 35.1 Å². The van der Waals surface area contributed by atoms with Crippen LogP contribution in [0, 0.1) is 29.6 Å². The lowest BCUT2D eigenvalue weighted by atomic mass is 9.70. The third-order valence-electron chi connectivity index (χ3n) is 9.53. The molecular weight excluding hydrogens is 580 g/mol. The standard InChI is InChI=1S/C33H48N4O6S/c1-9-25-33(7)26(23(5)27(38)22(4)17-32(6,41-8)16-20(2)15-21(3)30(39)42-25)28(31(40)43-33)44-14-13-37-19-35-29(36-37)24-11-10-12-34-18-24/h10-12,18-23,25-26,28H,9,13-17H2,1-8H3. The maximum absolute atomic E-state index is 14.1. The number of thioether (sulfide) groups is 1. The molecule has 2 fully saturated rings. The number of aryl methyl sites for hydroxylation is 1. The second-order valence-corrected chi connectivity index (χ2v) is 14.5. The molecule has 44 heavy (non-hydrogen) atoms. The van der Waals surface area contributed by atoms with E-state index in [0.717, 1.165) is 12.0 Å². The normalized spacial score (nSPS) is 35.5. The molecule has 0 aliphatic carbocycles. The molecule has 2 saturated heterocycles. The molecule has 0 aromatic carbocycles. The number of Topliss-reactive ketones (excluding diaryl/α,β-unsaturated/α-hetero) is 1. The number of hydrogen-bond donors (Lipinski definition) is 0. The minimum atomic E-state index is -1.16. The van der Waals surface area contributed by atoms with Crippen LogP contribution < -0.4 is 0 Å². The summed E-state index contributed by atoms with van der Waals surface area (Å²) < 4.78 is 20.0. The van der Waals surface area contributed by atoms with E-state index in [4.69, 9.17) is 14.2 Å². The number of fused-ring (bicyclic) bond motifs is 1. The first kappa shape index (κ1) is 34.1. The quantitative estimate of drug-likeness (QED) is 0.369. The zero-order chi connectivity index (χ0) is 32.2. The van der Waals surface area contributed by atoms with E-state index >= 15 is 0 Å². The molecule has 2 aromatic rings. The summed E-state index contributed by atoms with van der Waals surface area (Å²) in [5.41, 5.74) is -0.863. The molecule has 10 nitrogen and oxygen atoms in total. The Balaban J connectivity index is 1.61. The average Bonchev–Trinajstić information content (AvgIpc) is 3.56. The smallest absolute Gasteiger partial charge is 0.320 e. The largest absolute Gasteiger partial charge is 0.458 e. The van der Waals surface area contributed by atoms with Crippen LogP contribution in [-0.4, -0.2) is 72.9 Å². The molecule has 242 valence electrons. The van der Waals surface area contributed by atoms with Crippen LogP contribution in [0.1, 0.15) is 74.1 Å². The highest BCUT2D eigenvalue weighted by Gasteiger charge is 2.61. The SMILES string of the molecule is CCC1OC(=O)C(C)CC(C)CC(C)(OC)CC(C)C(=O)C(C)C2C(SCCn3cnc(-c4cccnc4)n3)C(=O)OC12C. The number of nitrogens with zero attached hydrogens (tertiary/aromatic N) is 4. The molecule has 0 saturated carbocycles. The summed E-state index contributed by atoms with van der Waals surface area (Å²) in [4.78, 5) is 49.6. The van der Waals surface area contributed by atoms with Gasteiger partial charge in [0.15, 0.2) is 11.4 Å². The van der Waals surface area contributed by atoms with Crippen LogP contribution >= 0.6 is 11.8 Å². The summed E-state index contributed by atoms with van der Waals surface area (Å²) in [6.07, 6.45) is 6.76. The van der Waals surface area contributed by atoms with Gasteiger partial charge in [-0.25, -0.2) is 4.98 Å². The number of pyridine rings is 1. The van der Waals surface area contributed by atoms with Crippen molar-refractivity contribution in [1.82, 2.24) is 19.7 Å². The second-order valence-electron chi connectivity index (χ2n) is 13.2. The third kappa shape index (κ3) is 7.36. The Kier molecular flexibility index (Phi) is 10.9. The summed E-state index contributed by atoms with van der Waals surface area (Å²) in [6.45, 7) is 14.2. The number of ether oxygens (including phenoxy) is 3. The first-order valence-electron chi connectivity index (χ1n) is 15.8. The molecule has 9 unspecified atom stereocenters. The molecule has 0 amide bonds. The van der Waals surface area contributed by atoms with E-state index in [1.807, 2.05) is 53.7 Å². The topological polar surface area (TPSA) is 123 Å². The first-order valence-corrected chi connectivity index (χ1v) is 16.8. The lowest BCUT2D eigenvalue weighted by Crippen LogP contribution is -2.52. The van der Waals surface area contributed by atoms with Gasteiger partial charge < -0.3 is 14.2 Å². The molecule has 0 N–H and O–H groups in total. The predicted molar refractivity (Wildman–Crippen MR) is 169 cm³/mol. The zero-order valence-electron chi connectivity index (χ0n) is 27.3. The van der Waals surface area contributed by atoms with Gasteiger partial charge in [-0.05, 0) is 57.6 Å². The van der Waals surface area contributed by atoms with Gasteiger partial charge in [0.25, 0.3) is 0 Å². The van der Waals surface area contributed by atoms with Crippen molar-refractivity contribution >= 4 is 29.5 Å². The van der Waals surface area contributed by atoms with Crippen molar-refractivity contribution < 1.29 is 28.6 Å². The molecule has 0 radical (unpaired) electrons.